The van der Waals surface area contributed by atoms with Crippen LogP contribution in [-0.2, 0) is 0 Å². The zero-order chi connectivity index (χ0) is 24.8. The summed E-state index contributed by atoms with van der Waals surface area (Å²) in [6.45, 7) is 1.88. The molecule has 0 aromatic heterocycles. The van der Waals surface area contributed by atoms with Crippen LogP contribution in [0.4, 0.5) is 11.4 Å². The highest BCUT2D eigenvalue weighted by molar-refractivity contribution is 9.10. The molecule has 0 aliphatic rings. The number of carbonyl (C=O) groups excluding carboxylic acids is 1. The van der Waals surface area contributed by atoms with Crippen molar-refractivity contribution in [2.75, 3.05) is 7.11 Å². The van der Waals surface area contributed by atoms with Crippen LogP contribution in [-0.4, -0.2) is 29.1 Å². The summed E-state index contributed by atoms with van der Waals surface area (Å²) >= 11 is 3.32. The summed E-state index contributed by atoms with van der Waals surface area (Å²) in [6, 6.07) is 13.0. The van der Waals surface area contributed by atoms with Gasteiger partial charge in [0.05, 0.1) is 39.3 Å². The van der Waals surface area contributed by atoms with E-state index in [4.69, 9.17) is 9.47 Å². The number of carbonyl (C=O) groups is 1. The quantitative estimate of drug-likeness (QED) is 0.242. The lowest BCUT2D eigenvalue weighted by molar-refractivity contribution is -0.394. The van der Waals surface area contributed by atoms with Crippen LogP contribution in [0.5, 0.6) is 17.2 Å². The molecule has 34 heavy (non-hydrogen) atoms. The summed E-state index contributed by atoms with van der Waals surface area (Å²) in [6.07, 6.45) is 1.40. The summed E-state index contributed by atoms with van der Waals surface area (Å²) in [4.78, 5) is 33.1. The number of benzene rings is 3. The second-order valence-electron chi connectivity index (χ2n) is 6.86. The second kappa shape index (κ2) is 10.5. The largest absolute Gasteiger partial charge is 0.496 e. The Balaban J connectivity index is 1.73. The van der Waals surface area contributed by atoms with Crippen molar-refractivity contribution in [3.63, 3.8) is 0 Å². The maximum atomic E-state index is 12.4. The number of nitro benzene ring substituents is 2. The summed E-state index contributed by atoms with van der Waals surface area (Å²) in [5.41, 5.74) is 3.33. The molecule has 0 bridgehead atoms. The SMILES string of the molecule is COc1cc(C)ccc1C(=O)N/N=C\c1ccc(Oc2ccc([N+](=O)[O-])cc2[N+](=O)[O-])c(Br)c1. The number of amides is 1. The standard InChI is InChI=1S/C22H17BrN4O7/c1-13-3-6-16(21(9-13)33-2)22(28)25-24-12-14-4-7-19(17(23)10-14)34-20-8-5-15(26(29)30)11-18(20)27(31)32/h3-12H,1-2H3,(H,25,28)/b24-12-. The molecule has 1 N–H and O–H groups in total. The van der Waals surface area contributed by atoms with Crippen LogP contribution in [0.2, 0.25) is 0 Å². The third kappa shape index (κ3) is 5.72. The van der Waals surface area contributed by atoms with Crippen LogP contribution in [0, 0.1) is 27.2 Å². The van der Waals surface area contributed by atoms with Gasteiger partial charge in [0.1, 0.15) is 11.5 Å². The van der Waals surface area contributed by atoms with Gasteiger partial charge in [0.25, 0.3) is 11.6 Å². The van der Waals surface area contributed by atoms with E-state index in [1.54, 1.807) is 30.3 Å². The number of halogens is 1. The van der Waals surface area contributed by atoms with Gasteiger partial charge < -0.3 is 9.47 Å². The highest BCUT2D eigenvalue weighted by Gasteiger charge is 2.21. The monoisotopic (exact) mass is 528 g/mol. The summed E-state index contributed by atoms with van der Waals surface area (Å²) in [5.74, 6) is 0.0643. The Kier molecular flexibility index (Phi) is 7.53. The van der Waals surface area contributed by atoms with E-state index in [9.17, 15) is 25.0 Å². The maximum absolute atomic E-state index is 12.4. The molecule has 3 rings (SSSR count). The van der Waals surface area contributed by atoms with Gasteiger partial charge in [-0.15, -0.1) is 0 Å². The minimum Gasteiger partial charge on any atom is -0.496 e. The zero-order valence-electron chi connectivity index (χ0n) is 17.9. The molecule has 0 unspecified atom stereocenters. The molecule has 0 aliphatic carbocycles. The fourth-order valence-electron chi connectivity index (χ4n) is 2.86. The molecule has 0 heterocycles. The Morgan fingerprint density at radius 1 is 1.00 bits per heavy atom. The molecule has 0 radical (unpaired) electrons. The van der Waals surface area contributed by atoms with Gasteiger partial charge in [-0.25, -0.2) is 5.43 Å². The van der Waals surface area contributed by atoms with E-state index >= 15 is 0 Å². The predicted octanol–water partition coefficient (Wildman–Crippen LogP) is 5.14. The van der Waals surface area contributed by atoms with Crippen molar-refractivity contribution >= 4 is 39.4 Å². The highest BCUT2D eigenvalue weighted by atomic mass is 79.9. The Bertz CT molecular complexity index is 1310. The number of rotatable bonds is 8. The van der Waals surface area contributed by atoms with Gasteiger partial charge in [-0.2, -0.15) is 5.10 Å². The molecule has 1 amide bonds. The van der Waals surface area contributed by atoms with E-state index in [1.165, 1.54) is 19.4 Å². The first-order chi connectivity index (χ1) is 16.2. The normalized spacial score (nSPS) is 10.7. The van der Waals surface area contributed by atoms with E-state index in [2.05, 4.69) is 26.5 Å². The summed E-state index contributed by atoms with van der Waals surface area (Å²) in [7, 11) is 1.47. The first-order valence-electron chi connectivity index (χ1n) is 9.58. The molecule has 0 saturated heterocycles. The second-order valence-corrected chi connectivity index (χ2v) is 7.72. The number of nitrogens with one attached hydrogen (secondary N) is 1. The minimum atomic E-state index is -0.761. The molecule has 0 spiro atoms. The lowest BCUT2D eigenvalue weighted by Gasteiger charge is -2.09. The molecular formula is C22H17BrN4O7. The number of hydrogen-bond donors (Lipinski definition) is 1. The van der Waals surface area contributed by atoms with Crippen molar-refractivity contribution in [3.8, 4) is 17.2 Å². The van der Waals surface area contributed by atoms with Crippen LogP contribution in [0.25, 0.3) is 0 Å². The Morgan fingerprint density at radius 3 is 2.38 bits per heavy atom. The van der Waals surface area contributed by atoms with Crippen molar-refractivity contribution in [3.05, 3.63) is 96.0 Å². The first kappa shape index (κ1) is 24.3. The van der Waals surface area contributed by atoms with Crippen LogP contribution >= 0.6 is 15.9 Å². The van der Waals surface area contributed by atoms with Crippen LogP contribution in [0.15, 0.2) is 64.2 Å². The topological polar surface area (TPSA) is 146 Å². The summed E-state index contributed by atoms with van der Waals surface area (Å²) in [5, 5.41) is 26.1. The van der Waals surface area contributed by atoms with Crippen molar-refractivity contribution < 1.29 is 24.1 Å². The van der Waals surface area contributed by atoms with Crippen molar-refractivity contribution in [1.29, 1.82) is 0 Å². The van der Waals surface area contributed by atoms with Gasteiger partial charge in [0.2, 0.25) is 5.75 Å². The number of methoxy groups -OCH3 is 1. The highest BCUT2D eigenvalue weighted by Crippen LogP contribution is 2.37. The minimum absolute atomic E-state index is 0.156. The first-order valence-corrected chi connectivity index (χ1v) is 10.4. The molecule has 174 valence electrons. The number of ether oxygens (including phenoxy) is 2. The molecule has 0 fully saturated rings. The van der Waals surface area contributed by atoms with Gasteiger partial charge in [-0.05, 0) is 70.4 Å². The van der Waals surface area contributed by atoms with Crippen LogP contribution in [0.3, 0.4) is 0 Å². The average molecular weight is 529 g/mol. The molecule has 3 aromatic rings. The number of hydrogen-bond acceptors (Lipinski definition) is 8. The van der Waals surface area contributed by atoms with Crippen LogP contribution < -0.4 is 14.9 Å². The number of nitrogens with zero attached hydrogens (tertiary/aromatic N) is 3. The molecule has 0 saturated carbocycles. The molecule has 12 heteroatoms. The molecule has 0 atom stereocenters. The Labute approximate surface area is 201 Å². The van der Waals surface area contributed by atoms with Gasteiger partial charge in [0, 0.05) is 6.07 Å². The maximum Gasteiger partial charge on any atom is 0.318 e. The van der Waals surface area contributed by atoms with Gasteiger partial charge in [0.15, 0.2) is 0 Å². The number of nitro groups is 2. The van der Waals surface area contributed by atoms with E-state index in [0.29, 0.717) is 21.3 Å². The van der Waals surface area contributed by atoms with Gasteiger partial charge >= 0.3 is 5.69 Å². The van der Waals surface area contributed by atoms with Crippen LogP contribution in [0.1, 0.15) is 21.5 Å². The lowest BCUT2D eigenvalue weighted by atomic mass is 10.1. The molecule has 11 nitrogen and oxygen atoms in total. The fraction of sp³-hybridized carbons (Fsp3) is 0.0909. The lowest BCUT2D eigenvalue weighted by Crippen LogP contribution is -2.18. The van der Waals surface area contributed by atoms with E-state index < -0.39 is 27.1 Å². The average Bonchev–Trinajstić information content (AvgIpc) is 2.80. The molecule has 0 aliphatic heterocycles. The van der Waals surface area contributed by atoms with Crippen molar-refractivity contribution in [2.45, 2.75) is 6.92 Å². The van der Waals surface area contributed by atoms with Crippen molar-refractivity contribution in [1.82, 2.24) is 5.43 Å². The van der Waals surface area contributed by atoms with Gasteiger partial charge in [-0.1, -0.05) is 6.07 Å². The smallest absolute Gasteiger partial charge is 0.318 e. The fourth-order valence-corrected chi connectivity index (χ4v) is 3.34. The number of non-ortho nitro benzene ring substituents is 1. The van der Waals surface area contributed by atoms with Gasteiger partial charge in [-0.3, -0.25) is 25.0 Å². The van der Waals surface area contributed by atoms with E-state index in [0.717, 1.165) is 23.8 Å². The molecular weight excluding hydrogens is 512 g/mol. The molecule has 3 aromatic carbocycles. The third-order valence-corrected chi connectivity index (χ3v) is 5.13. The number of aryl methyl sites for hydroxylation is 1. The van der Waals surface area contributed by atoms with Crippen molar-refractivity contribution in [2.24, 2.45) is 5.10 Å². The zero-order valence-corrected chi connectivity index (χ0v) is 19.4. The summed E-state index contributed by atoms with van der Waals surface area (Å²) < 4.78 is 11.3. The predicted molar refractivity (Wildman–Crippen MR) is 127 cm³/mol. The third-order valence-electron chi connectivity index (χ3n) is 4.51. The van der Waals surface area contributed by atoms with E-state index in [1.807, 2.05) is 6.92 Å². The van der Waals surface area contributed by atoms with E-state index in [-0.39, 0.29) is 11.5 Å². The number of hydrazone groups is 1. The Morgan fingerprint density at radius 2 is 1.74 bits per heavy atom. The Hall–Kier alpha value is -4.32.